The predicted molar refractivity (Wildman–Crippen MR) is 112 cm³/mol. The lowest BCUT2D eigenvalue weighted by molar-refractivity contribution is -0.166. The van der Waals surface area contributed by atoms with E-state index in [0.717, 1.165) is 20.2 Å². The van der Waals surface area contributed by atoms with Crippen LogP contribution in [0.1, 0.15) is 44.3 Å². The number of anilines is 1. The number of carbonyl (C=O) groups excluding carboxylic acids is 5. The van der Waals surface area contributed by atoms with Gasteiger partial charge in [0.15, 0.2) is 18.4 Å². The first-order chi connectivity index (χ1) is 16.0. The van der Waals surface area contributed by atoms with Crippen LogP contribution in [0.25, 0.3) is 11.0 Å². The molecule has 2 aromatic rings. The van der Waals surface area contributed by atoms with E-state index in [4.69, 9.17) is 24.7 Å². The molecule has 14 nitrogen and oxygen atoms in total. The molecule has 1 aliphatic heterocycles. The van der Waals surface area contributed by atoms with Gasteiger partial charge in [-0.25, -0.2) is 9.97 Å². The molecule has 1 fully saturated rings. The van der Waals surface area contributed by atoms with E-state index in [2.05, 4.69) is 15.3 Å². The third-order valence-electron chi connectivity index (χ3n) is 4.78. The highest BCUT2D eigenvalue weighted by molar-refractivity contribution is 6.11. The monoisotopic (exact) mass is 477 g/mol. The molecule has 3 rings (SSSR count). The molecule has 0 bridgehead atoms. The lowest BCUT2D eigenvalue weighted by atomic mass is 10.1. The minimum Gasteiger partial charge on any atom is -0.463 e. The Morgan fingerprint density at radius 3 is 2.24 bits per heavy atom. The maximum Gasteiger partial charge on any atom is 0.303 e. The summed E-state index contributed by atoms with van der Waals surface area (Å²) in [7, 11) is 0. The molecule has 182 valence electrons. The summed E-state index contributed by atoms with van der Waals surface area (Å²) in [4.78, 5) is 66.9. The smallest absolute Gasteiger partial charge is 0.303 e. The van der Waals surface area contributed by atoms with Crippen molar-refractivity contribution in [3.8, 4) is 0 Å². The van der Waals surface area contributed by atoms with Crippen LogP contribution in [0.3, 0.4) is 0 Å². The fourth-order valence-corrected chi connectivity index (χ4v) is 3.64. The third kappa shape index (κ3) is 5.11. The SMILES string of the molecule is CC(=O)Nc1ncnc2c1c(C(N)=O)cn2[C@@H]1O[C@H](COC(C)=O)[C@@H](OC(C)=O)[C@H]1OC(C)=O. The number of carbonyl (C=O) groups is 5. The van der Waals surface area contributed by atoms with Crippen molar-refractivity contribution in [1.82, 2.24) is 14.5 Å². The van der Waals surface area contributed by atoms with Crippen LogP contribution in [0.15, 0.2) is 12.5 Å². The van der Waals surface area contributed by atoms with Gasteiger partial charge in [0.05, 0.1) is 10.9 Å². The van der Waals surface area contributed by atoms with Crippen LogP contribution in [-0.2, 0) is 38.1 Å². The van der Waals surface area contributed by atoms with Gasteiger partial charge in [0.25, 0.3) is 5.91 Å². The number of primary amides is 1. The van der Waals surface area contributed by atoms with Gasteiger partial charge in [-0.15, -0.1) is 0 Å². The number of hydrogen-bond acceptors (Lipinski definition) is 11. The molecule has 1 aliphatic rings. The van der Waals surface area contributed by atoms with Gasteiger partial charge in [0.1, 0.15) is 30.5 Å². The van der Waals surface area contributed by atoms with Crippen molar-refractivity contribution in [2.24, 2.45) is 5.73 Å². The second-order valence-corrected chi connectivity index (χ2v) is 7.43. The van der Waals surface area contributed by atoms with Gasteiger partial charge < -0.3 is 34.6 Å². The number of fused-ring (bicyclic) bond motifs is 1. The summed E-state index contributed by atoms with van der Waals surface area (Å²) in [5, 5.41) is 2.63. The summed E-state index contributed by atoms with van der Waals surface area (Å²) in [5.74, 6) is -3.27. The van der Waals surface area contributed by atoms with Gasteiger partial charge in [0, 0.05) is 33.9 Å². The lowest BCUT2D eigenvalue weighted by Crippen LogP contribution is -2.40. The topological polar surface area (TPSA) is 191 Å². The molecule has 0 radical (unpaired) electrons. The number of amides is 2. The first kappa shape index (κ1) is 24.6. The van der Waals surface area contributed by atoms with Crippen molar-refractivity contribution < 1.29 is 42.9 Å². The first-order valence-electron chi connectivity index (χ1n) is 10.1. The fraction of sp³-hybridized carbons (Fsp3) is 0.450. The summed E-state index contributed by atoms with van der Waals surface area (Å²) in [6.07, 6.45) is -2.12. The summed E-state index contributed by atoms with van der Waals surface area (Å²) < 4.78 is 23.1. The number of nitrogens with zero attached hydrogens (tertiary/aromatic N) is 3. The largest absolute Gasteiger partial charge is 0.463 e. The Bertz CT molecular complexity index is 1160. The van der Waals surface area contributed by atoms with Crippen molar-refractivity contribution in [2.45, 2.75) is 52.2 Å². The van der Waals surface area contributed by atoms with Gasteiger partial charge in [-0.05, 0) is 0 Å². The average Bonchev–Trinajstić information content (AvgIpc) is 3.25. The number of rotatable bonds is 7. The third-order valence-corrected chi connectivity index (χ3v) is 4.78. The lowest BCUT2D eigenvalue weighted by Gasteiger charge is -2.24. The van der Waals surface area contributed by atoms with Gasteiger partial charge >= 0.3 is 17.9 Å². The number of ether oxygens (including phenoxy) is 4. The van der Waals surface area contributed by atoms with E-state index >= 15 is 0 Å². The van der Waals surface area contributed by atoms with Crippen LogP contribution in [0.4, 0.5) is 5.82 Å². The molecular formula is C20H23N5O9. The minimum atomic E-state index is -1.21. The van der Waals surface area contributed by atoms with E-state index < -0.39 is 54.3 Å². The second-order valence-electron chi connectivity index (χ2n) is 7.43. The molecule has 4 atom stereocenters. The number of esters is 3. The molecule has 2 amide bonds. The Balaban J connectivity index is 2.16. The van der Waals surface area contributed by atoms with Crippen molar-refractivity contribution in [3.05, 3.63) is 18.1 Å². The van der Waals surface area contributed by atoms with E-state index in [1.54, 1.807) is 0 Å². The Hall–Kier alpha value is -4.07. The summed E-state index contributed by atoms with van der Waals surface area (Å²) in [6, 6.07) is 0. The van der Waals surface area contributed by atoms with Crippen LogP contribution in [-0.4, -0.2) is 69.2 Å². The van der Waals surface area contributed by atoms with Crippen molar-refractivity contribution in [3.63, 3.8) is 0 Å². The van der Waals surface area contributed by atoms with E-state index in [1.807, 2.05) is 0 Å². The Morgan fingerprint density at radius 1 is 1.03 bits per heavy atom. The second kappa shape index (κ2) is 9.82. The quantitative estimate of drug-likeness (QED) is 0.397. The maximum absolute atomic E-state index is 12.2. The standard InChI is InChI=1S/C20H23N5O9/c1-8(26)24-18-14-12(17(21)30)5-25(19(14)23-7-22-18)20-16(33-11(4)29)15(32-10(3)28)13(34-20)6-31-9(2)27/h5,7,13,15-16,20H,6H2,1-4H3,(H2,21,30)(H,22,23,24,26)/t13-,15-,16-,20-/m1/s1. The number of nitrogens with two attached hydrogens (primary N) is 1. The minimum absolute atomic E-state index is 0.0279. The van der Waals surface area contributed by atoms with Crippen molar-refractivity contribution in [2.75, 3.05) is 11.9 Å². The van der Waals surface area contributed by atoms with Crippen LogP contribution in [0.2, 0.25) is 0 Å². The molecule has 1 saturated heterocycles. The first-order valence-corrected chi connectivity index (χ1v) is 10.1. The summed E-state index contributed by atoms with van der Waals surface area (Å²) in [5.41, 5.74) is 5.61. The number of aromatic nitrogens is 3. The molecule has 0 unspecified atom stereocenters. The predicted octanol–water partition coefficient (Wildman–Crippen LogP) is -0.187. The zero-order valence-corrected chi connectivity index (χ0v) is 18.8. The molecule has 3 heterocycles. The van der Waals surface area contributed by atoms with Crippen LogP contribution in [0.5, 0.6) is 0 Å². The fourth-order valence-electron chi connectivity index (χ4n) is 3.64. The van der Waals surface area contributed by atoms with Crippen LogP contribution < -0.4 is 11.1 Å². The van der Waals surface area contributed by atoms with Crippen LogP contribution >= 0.6 is 0 Å². The van der Waals surface area contributed by atoms with Gasteiger partial charge in [-0.3, -0.25) is 24.0 Å². The normalized spacial score (nSPS) is 21.6. The van der Waals surface area contributed by atoms with Gasteiger partial charge in [-0.1, -0.05) is 0 Å². The maximum atomic E-state index is 12.2. The number of hydrogen-bond donors (Lipinski definition) is 2. The van der Waals surface area contributed by atoms with E-state index in [0.29, 0.717) is 0 Å². The van der Waals surface area contributed by atoms with E-state index in [9.17, 15) is 24.0 Å². The number of nitrogens with one attached hydrogen (secondary N) is 1. The molecule has 0 saturated carbocycles. The molecule has 14 heteroatoms. The summed E-state index contributed by atoms with van der Waals surface area (Å²) >= 11 is 0. The Kier molecular flexibility index (Phi) is 7.10. The van der Waals surface area contributed by atoms with Crippen LogP contribution in [0, 0.1) is 0 Å². The summed E-state index contributed by atoms with van der Waals surface area (Å²) in [6.45, 7) is 4.45. The molecule has 34 heavy (non-hydrogen) atoms. The highest BCUT2D eigenvalue weighted by atomic mass is 16.7. The van der Waals surface area contributed by atoms with E-state index in [1.165, 1.54) is 24.6 Å². The van der Waals surface area contributed by atoms with Gasteiger partial charge in [-0.2, -0.15) is 0 Å². The molecule has 3 N–H and O–H groups in total. The van der Waals surface area contributed by atoms with Gasteiger partial charge in [0.2, 0.25) is 5.91 Å². The average molecular weight is 477 g/mol. The molecule has 0 aromatic carbocycles. The molecular weight excluding hydrogens is 454 g/mol. The Labute approximate surface area is 192 Å². The highest BCUT2D eigenvalue weighted by Crippen LogP contribution is 2.38. The zero-order valence-electron chi connectivity index (χ0n) is 18.8. The van der Waals surface area contributed by atoms with E-state index in [-0.39, 0.29) is 29.0 Å². The molecule has 0 aliphatic carbocycles. The zero-order chi connectivity index (χ0) is 25.2. The van der Waals surface area contributed by atoms with Crippen molar-refractivity contribution >= 4 is 46.6 Å². The highest BCUT2D eigenvalue weighted by Gasteiger charge is 2.51. The molecule has 2 aromatic heterocycles. The van der Waals surface area contributed by atoms with Crippen molar-refractivity contribution in [1.29, 1.82) is 0 Å². The molecule has 0 spiro atoms. The Morgan fingerprint density at radius 2 is 1.68 bits per heavy atom.